The van der Waals surface area contributed by atoms with Gasteiger partial charge in [0.1, 0.15) is 11.6 Å². The Morgan fingerprint density at radius 1 is 0.414 bits per heavy atom. The van der Waals surface area contributed by atoms with Crippen LogP contribution < -0.4 is 0 Å². The minimum atomic E-state index is -0.696. The maximum Gasteiger partial charge on any atom is 0.126 e. The summed E-state index contributed by atoms with van der Waals surface area (Å²) >= 11 is 0. The Hall–Kier alpha value is -5.73. The quantitative estimate of drug-likeness (QED) is 0.176. The van der Waals surface area contributed by atoms with E-state index in [-0.39, 0.29) is 21.7 Å². The van der Waals surface area contributed by atoms with Crippen molar-refractivity contribution in [1.29, 1.82) is 5.26 Å². The molecule has 0 unspecified atom stereocenters. The van der Waals surface area contributed by atoms with E-state index in [2.05, 4.69) is 171 Å². The first-order chi connectivity index (χ1) is 27.0. The molecule has 0 aliphatic carbocycles. The molecule has 0 amide bonds. The summed E-state index contributed by atoms with van der Waals surface area (Å²) in [7, 11) is 0. The van der Waals surface area contributed by atoms with Crippen LogP contribution in [-0.2, 0) is 21.7 Å². The first kappa shape index (κ1) is 39.1. The van der Waals surface area contributed by atoms with E-state index in [1.165, 1.54) is 34.4 Å². The molecular formula is C53H53F2N3. The molecule has 0 atom stereocenters. The van der Waals surface area contributed by atoms with Crippen molar-refractivity contribution < 1.29 is 8.78 Å². The molecule has 6 aromatic carbocycles. The Morgan fingerprint density at radius 3 is 1.02 bits per heavy atom. The zero-order valence-electron chi connectivity index (χ0n) is 35.9. The lowest BCUT2D eigenvalue weighted by molar-refractivity contribution is 0.584. The number of hydrogen-bond donors (Lipinski definition) is 0. The van der Waals surface area contributed by atoms with Crippen LogP contribution in [0.4, 0.5) is 8.78 Å². The molecule has 2 heterocycles. The molecule has 8 rings (SSSR count). The Morgan fingerprint density at radius 2 is 0.724 bits per heavy atom. The summed E-state index contributed by atoms with van der Waals surface area (Å²) in [6, 6.07) is 36.8. The van der Waals surface area contributed by atoms with Crippen LogP contribution >= 0.6 is 0 Å². The van der Waals surface area contributed by atoms with Crippen LogP contribution in [0.25, 0.3) is 66.1 Å². The Labute approximate surface area is 341 Å². The topological polar surface area (TPSA) is 33.6 Å². The minimum Gasteiger partial charge on any atom is -0.307 e. The summed E-state index contributed by atoms with van der Waals surface area (Å²) in [5.74, 6) is -1.39. The number of halogens is 2. The van der Waals surface area contributed by atoms with E-state index in [0.29, 0.717) is 16.7 Å². The fraction of sp³-hybridized carbons (Fsp3) is 0.302. The summed E-state index contributed by atoms with van der Waals surface area (Å²) in [6.07, 6.45) is 0. The summed E-state index contributed by atoms with van der Waals surface area (Å²) in [4.78, 5) is 0. The highest BCUT2D eigenvalue weighted by Gasteiger charge is 2.27. The van der Waals surface area contributed by atoms with Crippen LogP contribution in [0, 0.1) is 23.0 Å². The fourth-order valence-corrected chi connectivity index (χ4v) is 8.40. The van der Waals surface area contributed by atoms with Gasteiger partial charge < -0.3 is 9.13 Å². The van der Waals surface area contributed by atoms with Crippen molar-refractivity contribution in [3.8, 4) is 28.6 Å². The molecule has 8 aromatic rings. The fourth-order valence-electron chi connectivity index (χ4n) is 8.40. The largest absolute Gasteiger partial charge is 0.307 e. The molecular weight excluding hydrogens is 717 g/mol. The molecule has 0 aliphatic heterocycles. The number of benzene rings is 6. The highest BCUT2D eigenvalue weighted by Crippen LogP contribution is 2.44. The smallest absolute Gasteiger partial charge is 0.126 e. The molecule has 0 fully saturated rings. The van der Waals surface area contributed by atoms with Gasteiger partial charge in [-0.2, -0.15) is 5.26 Å². The van der Waals surface area contributed by atoms with Crippen molar-refractivity contribution in [2.24, 2.45) is 0 Å². The van der Waals surface area contributed by atoms with Gasteiger partial charge in [-0.05, 0) is 98.0 Å². The van der Waals surface area contributed by atoms with Crippen molar-refractivity contribution in [3.63, 3.8) is 0 Å². The van der Waals surface area contributed by atoms with Gasteiger partial charge in [-0.3, -0.25) is 0 Å². The third-order valence-corrected chi connectivity index (χ3v) is 11.9. The highest BCUT2D eigenvalue weighted by atomic mass is 19.1. The standard InChI is InChI=1S/C53H53F2N3/c1-50(2,3)33-13-17-39-40-18-14-34(51(4,5)6)25-45(40)57(44(39)24-33)48-23-32(30-56)43(31-21-37(54)28-38(55)22-31)29-49(48)58-46-26-35(52(7,8)9)15-19-41(46)42-20-16-36(27-47(42)58)53(10,11)12/h13-29H,1-12H3. The predicted molar refractivity (Wildman–Crippen MR) is 240 cm³/mol. The number of hydrogen-bond acceptors (Lipinski definition) is 1. The number of nitriles is 1. The molecule has 0 saturated carbocycles. The van der Waals surface area contributed by atoms with Crippen LogP contribution in [0.3, 0.4) is 0 Å². The zero-order valence-corrected chi connectivity index (χ0v) is 35.9. The van der Waals surface area contributed by atoms with Gasteiger partial charge in [0.05, 0.1) is 45.1 Å². The summed E-state index contributed by atoms with van der Waals surface area (Å²) < 4.78 is 34.7. The number of rotatable bonds is 3. The predicted octanol–water partition coefficient (Wildman–Crippen LogP) is 14.9. The van der Waals surface area contributed by atoms with Gasteiger partial charge in [0.25, 0.3) is 0 Å². The average Bonchev–Trinajstić information content (AvgIpc) is 3.63. The molecule has 0 radical (unpaired) electrons. The lowest BCUT2D eigenvalue weighted by Crippen LogP contribution is -2.13. The molecule has 2 aromatic heterocycles. The molecule has 294 valence electrons. The van der Waals surface area contributed by atoms with E-state index in [4.69, 9.17) is 0 Å². The van der Waals surface area contributed by atoms with E-state index in [1.807, 2.05) is 12.1 Å². The van der Waals surface area contributed by atoms with Crippen LogP contribution in [0.2, 0.25) is 0 Å². The third-order valence-electron chi connectivity index (χ3n) is 11.9. The van der Waals surface area contributed by atoms with Crippen molar-refractivity contribution in [3.05, 3.63) is 143 Å². The Kier molecular flexibility index (Phi) is 8.87. The zero-order chi connectivity index (χ0) is 41.9. The number of aromatic nitrogens is 2. The Balaban J connectivity index is 1.64. The van der Waals surface area contributed by atoms with E-state index >= 15 is 8.78 Å². The van der Waals surface area contributed by atoms with Crippen LogP contribution in [0.5, 0.6) is 0 Å². The first-order valence-corrected chi connectivity index (χ1v) is 20.3. The maximum absolute atomic E-state index is 15.0. The van der Waals surface area contributed by atoms with Gasteiger partial charge in [-0.15, -0.1) is 0 Å². The number of nitrogens with zero attached hydrogens (tertiary/aromatic N) is 3. The summed E-state index contributed by atoms with van der Waals surface area (Å²) in [5, 5.41) is 15.3. The normalized spacial score (nSPS) is 13.0. The molecule has 3 nitrogen and oxygen atoms in total. The lowest BCUT2D eigenvalue weighted by Gasteiger charge is -2.23. The van der Waals surface area contributed by atoms with Crippen LogP contribution in [-0.4, -0.2) is 9.13 Å². The van der Waals surface area contributed by atoms with E-state index < -0.39 is 11.6 Å². The van der Waals surface area contributed by atoms with Gasteiger partial charge in [0.15, 0.2) is 0 Å². The molecule has 0 saturated heterocycles. The Bertz CT molecular complexity index is 2850. The maximum atomic E-state index is 15.0. The van der Waals surface area contributed by atoms with Gasteiger partial charge in [0, 0.05) is 33.2 Å². The minimum absolute atomic E-state index is 0.127. The SMILES string of the molecule is CC(C)(C)c1ccc2c3ccc(C(C)(C)C)cc3n(-c3cc(C#N)c(-c4cc(F)cc(F)c4)cc3-n3c4cc(C(C)(C)C)ccc4c4ccc(C(C)(C)C)cc43)c2c1. The highest BCUT2D eigenvalue weighted by molar-refractivity contribution is 6.12. The second-order valence-corrected chi connectivity index (χ2v) is 20.3. The monoisotopic (exact) mass is 769 g/mol. The molecule has 5 heteroatoms. The van der Waals surface area contributed by atoms with Crippen molar-refractivity contribution in [1.82, 2.24) is 9.13 Å². The molecule has 58 heavy (non-hydrogen) atoms. The number of fused-ring (bicyclic) bond motifs is 6. The molecule has 0 aliphatic rings. The molecule has 0 bridgehead atoms. The molecule has 0 spiro atoms. The van der Waals surface area contributed by atoms with Gasteiger partial charge in [-0.25, -0.2) is 8.78 Å². The van der Waals surface area contributed by atoms with E-state index in [0.717, 1.165) is 61.1 Å². The van der Waals surface area contributed by atoms with Gasteiger partial charge >= 0.3 is 0 Å². The van der Waals surface area contributed by atoms with Gasteiger partial charge in [0.2, 0.25) is 0 Å². The first-order valence-electron chi connectivity index (χ1n) is 20.3. The molecule has 0 N–H and O–H groups in total. The van der Waals surface area contributed by atoms with Crippen LogP contribution in [0.1, 0.15) is 111 Å². The second-order valence-electron chi connectivity index (χ2n) is 20.3. The third kappa shape index (κ3) is 6.57. The lowest BCUT2D eigenvalue weighted by atomic mass is 9.86. The van der Waals surface area contributed by atoms with Crippen molar-refractivity contribution >= 4 is 43.6 Å². The van der Waals surface area contributed by atoms with Crippen LogP contribution in [0.15, 0.2) is 103 Å². The summed E-state index contributed by atoms with van der Waals surface area (Å²) in [5.41, 5.74) is 11.0. The second kappa shape index (κ2) is 13.1. The van der Waals surface area contributed by atoms with Gasteiger partial charge in [-0.1, -0.05) is 132 Å². The average molecular weight is 770 g/mol. The van der Waals surface area contributed by atoms with Crippen molar-refractivity contribution in [2.45, 2.75) is 105 Å². The van der Waals surface area contributed by atoms with Crippen molar-refractivity contribution in [2.75, 3.05) is 0 Å². The van der Waals surface area contributed by atoms with E-state index in [9.17, 15) is 5.26 Å². The summed E-state index contributed by atoms with van der Waals surface area (Å²) in [6.45, 7) is 26.7. The van der Waals surface area contributed by atoms with E-state index in [1.54, 1.807) is 0 Å².